The molecule has 1 heterocycles. The lowest BCUT2D eigenvalue weighted by atomic mass is 10.1. The first kappa shape index (κ1) is 19.9. The summed E-state index contributed by atoms with van der Waals surface area (Å²) in [5.41, 5.74) is 0.357. The van der Waals surface area contributed by atoms with Crippen molar-refractivity contribution in [2.75, 3.05) is 18.8 Å². The van der Waals surface area contributed by atoms with E-state index in [1.807, 2.05) is 13.8 Å². The van der Waals surface area contributed by atoms with Crippen LogP contribution in [-0.2, 0) is 19.9 Å². The number of primary sulfonamides is 1. The molecule has 0 unspecified atom stereocenters. The van der Waals surface area contributed by atoms with Crippen LogP contribution in [0.2, 0.25) is 0 Å². The zero-order valence-corrected chi connectivity index (χ0v) is 16.0. The van der Waals surface area contributed by atoms with Gasteiger partial charge in [0.15, 0.2) is 9.84 Å². The quantitative estimate of drug-likeness (QED) is 0.808. The molecule has 2 N–H and O–H groups in total. The Kier molecular flexibility index (Phi) is 5.90. The van der Waals surface area contributed by atoms with Crippen molar-refractivity contribution in [3.8, 4) is 0 Å². The minimum absolute atomic E-state index is 0.0532. The summed E-state index contributed by atoms with van der Waals surface area (Å²) in [5, 5.41) is 4.64. The van der Waals surface area contributed by atoms with Crippen LogP contribution in [0.3, 0.4) is 0 Å². The van der Waals surface area contributed by atoms with Crippen molar-refractivity contribution in [2.24, 2.45) is 11.1 Å². The summed E-state index contributed by atoms with van der Waals surface area (Å²) in [7, 11) is -6.93. The number of likely N-dealkylation sites (tertiary alicyclic amines) is 1. The molecule has 1 aromatic rings. The predicted molar refractivity (Wildman–Crippen MR) is 95.4 cm³/mol. The standard InChI is InChI=1S/C16H24N2O5S2/c1-12(2)11-24(20,21)14-7-9-18(10-8-14)16(19)13-3-5-15(6-4-13)25(17,22)23/h3-6,12,14H,7-11H2,1-2H3,(H2,17,22,23). The first-order valence-corrected chi connectivity index (χ1v) is 11.4. The summed E-state index contributed by atoms with van der Waals surface area (Å²) < 4.78 is 47.1. The Morgan fingerprint density at radius 2 is 1.64 bits per heavy atom. The average molecular weight is 389 g/mol. The molecular formula is C16H24N2O5S2. The first-order chi connectivity index (χ1) is 11.5. The molecule has 1 amide bonds. The van der Waals surface area contributed by atoms with Crippen LogP contribution in [0, 0.1) is 5.92 Å². The highest BCUT2D eigenvalue weighted by Crippen LogP contribution is 2.22. The summed E-state index contributed by atoms with van der Waals surface area (Å²) >= 11 is 0. The molecule has 0 atom stereocenters. The molecular weight excluding hydrogens is 364 g/mol. The fraction of sp³-hybridized carbons (Fsp3) is 0.562. The van der Waals surface area contributed by atoms with Crippen LogP contribution in [-0.4, -0.2) is 51.7 Å². The lowest BCUT2D eigenvalue weighted by Gasteiger charge is -2.32. The highest BCUT2D eigenvalue weighted by Gasteiger charge is 2.32. The van der Waals surface area contributed by atoms with Crippen LogP contribution in [0.15, 0.2) is 29.2 Å². The van der Waals surface area contributed by atoms with E-state index < -0.39 is 25.1 Å². The summed E-state index contributed by atoms with van der Waals surface area (Å²) in [5.74, 6) is 0.0170. The number of hydrogen-bond donors (Lipinski definition) is 1. The molecule has 7 nitrogen and oxygen atoms in total. The minimum atomic E-state index is -3.80. The molecule has 0 bridgehead atoms. The van der Waals surface area contributed by atoms with E-state index in [-0.39, 0.29) is 22.5 Å². The fourth-order valence-electron chi connectivity index (χ4n) is 2.99. The molecule has 1 aliphatic rings. The predicted octanol–water partition coefficient (Wildman–Crippen LogP) is 1.01. The number of rotatable bonds is 5. The van der Waals surface area contributed by atoms with Gasteiger partial charge in [-0.2, -0.15) is 0 Å². The molecule has 2 rings (SSSR count). The average Bonchev–Trinajstić information content (AvgIpc) is 2.52. The third kappa shape index (κ3) is 5.02. The molecule has 0 radical (unpaired) electrons. The van der Waals surface area contributed by atoms with E-state index in [1.54, 1.807) is 4.90 Å². The zero-order chi connectivity index (χ0) is 18.8. The molecule has 0 spiro atoms. The van der Waals surface area contributed by atoms with Gasteiger partial charge in [0.05, 0.1) is 15.9 Å². The van der Waals surface area contributed by atoms with Gasteiger partial charge in [-0.25, -0.2) is 22.0 Å². The molecule has 9 heteroatoms. The van der Waals surface area contributed by atoms with E-state index in [2.05, 4.69) is 0 Å². The number of hydrogen-bond acceptors (Lipinski definition) is 5. The Hall–Kier alpha value is -1.45. The topological polar surface area (TPSA) is 115 Å². The van der Waals surface area contributed by atoms with Gasteiger partial charge in [-0.3, -0.25) is 4.79 Å². The van der Waals surface area contributed by atoms with Crippen molar-refractivity contribution in [3.05, 3.63) is 29.8 Å². The fourth-order valence-corrected chi connectivity index (χ4v) is 5.63. The van der Waals surface area contributed by atoms with E-state index in [4.69, 9.17) is 5.14 Å². The van der Waals surface area contributed by atoms with E-state index >= 15 is 0 Å². The van der Waals surface area contributed by atoms with Gasteiger partial charge in [0, 0.05) is 18.7 Å². The molecule has 1 aliphatic heterocycles. The van der Waals surface area contributed by atoms with Gasteiger partial charge >= 0.3 is 0 Å². The number of nitrogens with two attached hydrogens (primary N) is 1. The minimum Gasteiger partial charge on any atom is -0.339 e. The second-order valence-corrected chi connectivity index (χ2v) is 10.7. The summed E-state index contributed by atoms with van der Waals surface area (Å²) in [6.07, 6.45) is 0.853. The van der Waals surface area contributed by atoms with Crippen molar-refractivity contribution in [1.82, 2.24) is 4.90 Å². The SMILES string of the molecule is CC(C)CS(=O)(=O)C1CCN(C(=O)c2ccc(S(N)(=O)=O)cc2)CC1. The van der Waals surface area contributed by atoms with E-state index in [0.29, 0.717) is 31.5 Å². The number of sulfone groups is 1. The normalized spacial score (nSPS) is 17.0. The summed E-state index contributed by atoms with van der Waals surface area (Å²) in [6.45, 7) is 4.50. The van der Waals surface area contributed by atoms with Crippen LogP contribution in [0.1, 0.15) is 37.0 Å². The molecule has 0 aliphatic carbocycles. The number of carbonyl (C=O) groups excluding carboxylic acids is 1. The van der Waals surface area contributed by atoms with Gasteiger partial charge in [-0.1, -0.05) is 13.8 Å². The smallest absolute Gasteiger partial charge is 0.253 e. The maximum atomic E-state index is 12.5. The van der Waals surface area contributed by atoms with E-state index in [1.165, 1.54) is 24.3 Å². The second kappa shape index (κ2) is 7.43. The van der Waals surface area contributed by atoms with Crippen LogP contribution >= 0.6 is 0 Å². The van der Waals surface area contributed by atoms with Crippen LogP contribution < -0.4 is 5.14 Å². The van der Waals surface area contributed by atoms with Gasteiger partial charge in [-0.05, 0) is 43.0 Å². The number of sulfonamides is 1. The molecule has 0 saturated carbocycles. The van der Waals surface area contributed by atoms with E-state index in [0.717, 1.165) is 0 Å². The molecule has 1 saturated heterocycles. The van der Waals surface area contributed by atoms with Crippen LogP contribution in [0.25, 0.3) is 0 Å². The maximum absolute atomic E-state index is 12.5. The number of carbonyl (C=O) groups is 1. The Balaban J connectivity index is 2.02. The first-order valence-electron chi connectivity index (χ1n) is 8.14. The Morgan fingerprint density at radius 1 is 1.12 bits per heavy atom. The second-order valence-electron chi connectivity index (χ2n) is 6.78. The van der Waals surface area contributed by atoms with Crippen molar-refractivity contribution >= 4 is 25.8 Å². The highest BCUT2D eigenvalue weighted by atomic mass is 32.2. The van der Waals surface area contributed by atoms with Crippen molar-refractivity contribution in [1.29, 1.82) is 0 Å². The van der Waals surface area contributed by atoms with Crippen molar-refractivity contribution < 1.29 is 21.6 Å². The Bertz CT molecular complexity index is 822. The van der Waals surface area contributed by atoms with Gasteiger partial charge in [0.2, 0.25) is 10.0 Å². The molecule has 140 valence electrons. The third-order valence-electron chi connectivity index (χ3n) is 4.23. The van der Waals surface area contributed by atoms with Gasteiger partial charge in [0.25, 0.3) is 5.91 Å². The molecule has 1 aromatic carbocycles. The number of nitrogens with zero attached hydrogens (tertiary/aromatic N) is 1. The van der Waals surface area contributed by atoms with Gasteiger partial charge in [0.1, 0.15) is 0 Å². The highest BCUT2D eigenvalue weighted by molar-refractivity contribution is 7.92. The molecule has 1 fully saturated rings. The van der Waals surface area contributed by atoms with Crippen molar-refractivity contribution in [3.63, 3.8) is 0 Å². The Labute approximate surface area is 149 Å². The number of amides is 1. The lowest BCUT2D eigenvalue weighted by Crippen LogP contribution is -2.43. The van der Waals surface area contributed by atoms with Crippen molar-refractivity contribution in [2.45, 2.75) is 36.8 Å². The third-order valence-corrected chi connectivity index (χ3v) is 7.78. The van der Waals surface area contributed by atoms with Gasteiger partial charge < -0.3 is 4.90 Å². The molecule has 0 aromatic heterocycles. The van der Waals surface area contributed by atoms with E-state index in [9.17, 15) is 21.6 Å². The number of piperidine rings is 1. The maximum Gasteiger partial charge on any atom is 0.253 e. The lowest BCUT2D eigenvalue weighted by molar-refractivity contribution is 0.0725. The summed E-state index contributed by atoms with van der Waals surface area (Å²) in [4.78, 5) is 14.0. The molecule has 25 heavy (non-hydrogen) atoms. The van der Waals surface area contributed by atoms with Crippen LogP contribution in [0.5, 0.6) is 0 Å². The summed E-state index contributed by atoms with van der Waals surface area (Å²) in [6, 6.07) is 5.43. The largest absolute Gasteiger partial charge is 0.339 e. The zero-order valence-electron chi connectivity index (χ0n) is 14.4. The monoisotopic (exact) mass is 388 g/mol. The number of benzene rings is 1. The Morgan fingerprint density at radius 3 is 2.08 bits per heavy atom. The van der Waals surface area contributed by atoms with Crippen LogP contribution in [0.4, 0.5) is 0 Å². The van der Waals surface area contributed by atoms with Gasteiger partial charge in [-0.15, -0.1) is 0 Å².